The van der Waals surface area contributed by atoms with Gasteiger partial charge in [-0.2, -0.15) is 4.98 Å². The van der Waals surface area contributed by atoms with Crippen LogP contribution in [0.5, 0.6) is 6.01 Å². The van der Waals surface area contributed by atoms with Gasteiger partial charge in [-0.1, -0.05) is 41.7 Å². The first-order valence-corrected chi connectivity index (χ1v) is 11.9. The molecule has 2 aromatic carbocycles. The summed E-state index contributed by atoms with van der Waals surface area (Å²) in [4.78, 5) is 24.4. The van der Waals surface area contributed by atoms with Crippen LogP contribution in [0.3, 0.4) is 0 Å². The maximum Gasteiger partial charge on any atom is 0.316 e. The molecule has 34 heavy (non-hydrogen) atoms. The average Bonchev–Trinajstić information content (AvgIpc) is 3.31. The minimum atomic E-state index is -0.310. The van der Waals surface area contributed by atoms with E-state index in [0.29, 0.717) is 28.3 Å². The summed E-state index contributed by atoms with van der Waals surface area (Å²) in [5, 5.41) is 16.7. The zero-order valence-electron chi connectivity index (χ0n) is 19.1. The molecule has 1 amide bonds. The lowest BCUT2D eigenvalue weighted by molar-refractivity contribution is 0.102. The van der Waals surface area contributed by atoms with Gasteiger partial charge in [0, 0.05) is 48.0 Å². The van der Waals surface area contributed by atoms with Gasteiger partial charge in [-0.25, -0.2) is 4.98 Å². The zero-order chi connectivity index (χ0) is 23.7. The third kappa shape index (κ3) is 4.42. The fourth-order valence-corrected chi connectivity index (χ4v) is 5.05. The monoisotopic (exact) mass is 475 g/mol. The number of ether oxygens (including phenoxy) is 1. The molecule has 0 aliphatic carbocycles. The van der Waals surface area contributed by atoms with Crippen LogP contribution in [0.2, 0.25) is 0 Å². The standard InChI is InChI=1S/C24H25N7O2S/c1-14-12-31(13-15(2)26-14)19-10-9-17(20-18(19)11-25-23(27-20)33-3)21(32)28-24-30-29-22(34-24)16-7-5-4-6-8-16/h4-11,14-15,26H,12-13H2,1-3H3,(H,28,30,32). The van der Waals surface area contributed by atoms with Crippen LogP contribution in [0.15, 0.2) is 48.7 Å². The van der Waals surface area contributed by atoms with Gasteiger partial charge in [0.1, 0.15) is 5.01 Å². The Balaban J connectivity index is 1.48. The molecule has 174 valence electrons. The second-order valence-electron chi connectivity index (χ2n) is 8.36. The van der Waals surface area contributed by atoms with Crippen LogP contribution in [0, 0.1) is 0 Å². The van der Waals surface area contributed by atoms with E-state index in [2.05, 4.69) is 49.5 Å². The number of rotatable bonds is 5. The van der Waals surface area contributed by atoms with Gasteiger partial charge in [0.15, 0.2) is 0 Å². The number of hydrogen-bond donors (Lipinski definition) is 2. The average molecular weight is 476 g/mol. The van der Waals surface area contributed by atoms with Crippen molar-refractivity contribution in [2.24, 2.45) is 0 Å². The van der Waals surface area contributed by atoms with Gasteiger partial charge in [-0.05, 0) is 26.0 Å². The van der Waals surface area contributed by atoms with Crippen LogP contribution in [-0.4, -0.2) is 58.4 Å². The summed E-state index contributed by atoms with van der Waals surface area (Å²) in [6.45, 7) is 6.03. The number of carbonyl (C=O) groups is 1. The summed E-state index contributed by atoms with van der Waals surface area (Å²) in [7, 11) is 1.51. The fraction of sp³-hybridized carbons (Fsp3) is 0.292. The summed E-state index contributed by atoms with van der Waals surface area (Å²) in [5.41, 5.74) is 2.91. The van der Waals surface area contributed by atoms with Gasteiger partial charge in [-0.15, -0.1) is 10.2 Å². The lowest BCUT2D eigenvalue weighted by atomic mass is 10.0. The molecule has 1 aliphatic heterocycles. The molecular formula is C24H25N7O2S. The van der Waals surface area contributed by atoms with Crippen LogP contribution >= 0.6 is 11.3 Å². The van der Waals surface area contributed by atoms with E-state index in [1.165, 1.54) is 18.4 Å². The third-order valence-electron chi connectivity index (χ3n) is 5.70. The molecule has 1 aliphatic rings. The van der Waals surface area contributed by atoms with Gasteiger partial charge < -0.3 is 15.0 Å². The predicted molar refractivity (Wildman–Crippen MR) is 134 cm³/mol. The summed E-state index contributed by atoms with van der Waals surface area (Å²) >= 11 is 1.32. The third-order valence-corrected chi connectivity index (χ3v) is 6.58. The Morgan fingerprint density at radius 1 is 1.12 bits per heavy atom. The first-order chi connectivity index (χ1) is 16.5. The van der Waals surface area contributed by atoms with E-state index < -0.39 is 0 Å². The molecule has 2 unspecified atom stereocenters. The second kappa shape index (κ2) is 9.32. The zero-order valence-corrected chi connectivity index (χ0v) is 20.0. The number of nitrogens with zero attached hydrogens (tertiary/aromatic N) is 5. The van der Waals surface area contributed by atoms with Gasteiger partial charge >= 0.3 is 6.01 Å². The Bertz CT molecular complexity index is 1320. The molecule has 1 fully saturated rings. The molecule has 0 radical (unpaired) electrons. The predicted octanol–water partition coefficient (Wildman–Crippen LogP) is 3.60. The number of hydrogen-bond acceptors (Lipinski definition) is 9. The fourth-order valence-electron chi connectivity index (χ4n) is 4.31. The first-order valence-electron chi connectivity index (χ1n) is 11.1. The van der Waals surface area contributed by atoms with Crippen LogP contribution in [0.1, 0.15) is 24.2 Å². The quantitative estimate of drug-likeness (QED) is 0.451. The number of fused-ring (bicyclic) bond motifs is 1. The van der Waals surface area contributed by atoms with Gasteiger partial charge in [0.05, 0.1) is 18.2 Å². The highest BCUT2D eigenvalue weighted by Crippen LogP contribution is 2.32. The Kier molecular flexibility index (Phi) is 6.08. The Morgan fingerprint density at radius 3 is 2.62 bits per heavy atom. The van der Waals surface area contributed by atoms with Crippen LogP contribution in [0.25, 0.3) is 21.5 Å². The van der Waals surface area contributed by atoms with E-state index >= 15 is 0 Å². The van der Waals surface area contributed by atoms with E-state index in [1.807, 2.05) is 36.4 Å². The molecule has 1 saturated heterocycles. The topological polar surface area (TPSA) is 105 Å². The summed E-state index contributed by atoms with van der Waals surface area (Å²) in [5.74, 6) is -0.310. The number of aromatic nitrogens is 4. The van der Waals surface area contributed by atoms with E-state index in [1.54, 1.807) is 12.3 Å². The number of carbonyl (C=O) groups excluding carboxylic acids is 1. The largest absolute Gasteiger partial charge is 0.467 e. The van der Waals surface area contributed by atoms with Gasteiger partial charge in [0.25, 0.3) is 5.91 Å². The van der Waals surface area contributed by atoms with Crippen molar-refractivity contribution in [1.29, 1.82) is 0 Å². The number of benzene rings is 2. The lowest BCUT2D eigenvalue weighted by Gasteiger charge is -2.38. The van der Waals surface area contributed by atoms with Gasteiger partial charge in [0.2, 0.25) is 5.13 Å². The molecule has 5 rings (SSSR count). The van der Waals surface area contributed by atoms with E-state index in [-0.39, 0.29) is 11.9 Å². The van der Waals surface area contributed by atoms with Crippen molar-refractivity contribution in [3.8, 4) is 16.6 Å². The number of anilines is 2. The minimum absolute atomic E-state index is 0.211. The Morgan fingerprint density at radius 2 is 1.88 bits per heavy atom. The molecule has 2 aromatic heterocycles. The van der Waals surface area contributed by atoms with Crippen molar-refractivity contribution < 1.29 is 9.53 Å². The van der Waals surface area contributed by atoms with Crippen molar-refractivity contribution in [3.05, 3.63) is 54.2 Å². The highest BCUT2D eigenvalue weighted by atomic mass is 32.1. The van der Waals surface area contributed by atoms with Crippen LogP contribution < -0.4 is 20.3 Å². The first kappa shape index (κ1) is 22.2. The summed E-state index contributed by atoms with van der Waals surface area (Å²) < 4.78 is 5.25. The van der Waals surface area contributed by atoms with Crippen molar-refractivity contribution in [3.63, 3.8) is 0 Å². The van der Waals surface area contributed by atoms with E-state index in [0.717, 1.165) is 34.7 Å². The van der Waals surface area contributed by atoms with Crippen molar-refractivity contribution in [2.45, 2.75) is 25.9 Å². The lowest BCUT2D eigenvalue weighted by Crippen LogP contribution is -2.54. The molecule has 0 saturated carbocycles. The molecule has 9 nitrogen and oxygen atoms in total. The number of methoxy groups -OCH3 is 1. The molecule has 0 spiro atoms. The number of piperazine rings is 1. The molecule has 10 heteroatoms. The highest BCUT2D eigenvalue weighted by Gasteiger charge is 2.25. The summed E-state index contributed by atoms with van der Waals surface area (Å²) in [6.07, 6.45) is 1.73. The van der Waals surface area contributed by atoms with Crippen molar-refractivity contribution in [2.75, 3.05) is 30.4 Å². The van der Waals surface area contributed by atoms with E-state index in [4.69, 9.17) is 4.74 Å². The van der Waals surface area contributed by atoms with Crippen molar-refractivity contribution >= 4 is 39.0 Å². The van der Waals surface area contributed by atoms with E-state index in [9.17, 15) is 4.79 Å². The second-order valence-corrected chi connectivity index (χ2v) is 9.34. The summed E-state index contributed by atoms with van der Waals surface area (Å²) in [6, 6.07) is 14.4. The number of nitrogens with one attached hydrogen (secondary N) is 2. The maximum atomic E-state index is 13.3. The van der Waals surface area contributed by atoms with Crippen LogP contribution in [0.4, 0.5) is 10.8 Å². The van der Waals surface area contributed by atoms with Crippen LogP contribution in [-0.2, 0) is 0 Å². The van der Waals surface area contributed by atoms with Crippen molar-refractivity contribution in [1.82, 2.24) is 25.5 Å². The Hall–Kier alpha value is -3.63. The number of amides is 1. The smallest absolute Gasteiger partial charge is 0.316 e. The molecule has 4 aromatic rings. The van der Waals surface area contributed by atoms with Gasteiger partial charge in [-0.3, -0.25) is 10.1 Å². The minimum Gasteiger partial charge on any atom is -0.467 e. The Labute approximate surface area is 201 Å². The molecule has 2 atom stereocenters. The highest BCUT2D eigenvalue weighted by molar-refractivity contribution is 7.18. The normalized spacial score (nSPS) is 18.1. The molecule has 3 heterocycles. The molecule has 2 N–H and O–H groups in total. The molecular weight excluding hydrogens is 450 g/mol. The maximum absolute atomic E-state index is 13.3. The molecule has 0 bridgehead atoms. The SMILES string of the molecule is COc1ncc2c(N3CC(C)NC(C)C3)ccc(C(=O)Nc3nnc(-c4ccccc4)s3)c2n1.